The van der Waals surface area contributed by atoms with E-state index in [-0.39, 0.29) is 18.9 Å². The van der Waals surface area contributed by atoms with Crippen LogP contribution in [-0.4, -0.2) is 49.5 Å². The van der Waals surface area contributed by atoms with Crippen LogP contribution in [0.4, 0.5) is 5.69 Å². The van der Waals surface area contributed by atoms with Gasteiger partial charge in [-0.3, -0.25) is 13.9 Å². The molecule has 1 atom stereocenters. The van der Waals surface area contributed by atoms with E-state index in [0.29, 0.717) is 18.0 Å². The molecule has 0 saturated carbocycles. The van der Waals surface area contributed by atoms with Crippen LogP contribution in [-0.2, 0) is 39.2 Å². The third-order valence-corrected chi connectivity index (χ3v) is 8.70. The molecule has 4 rings (SSSR count). The SMILES string of the molecule is CC(C)(C)NC(=O)C(Cc1ccccc1)N(Cc1cccc(Br)c1)C(=O)CN(c1ccc(OCc2ccccc2)cc1)S(C)(=O)=O. The number of hydrogen-bond donors (Lipinski definition) is 1. The molecule has 0 saturated heterocycles. The third kappa shape index (κ3) is 10.5. The summed E-state index contributed by atoms with van der Waals surface area (Å²) >= 11 is 3.50. The number of anilines is 1. The summed E-state index contributed by atoms with van der Waals surface area (Å²) in [5.74, 6) is -0.282. The number of benzene rings is 4. The Labute approximate surface area is 280 Å². The van der Waals surface area contributed by atoms with Crippen LogP contribution >= 0.6 is 15.9 Å². The molecular formula is C36H40BrN3O5S. The normalized spacial score (nSPS) is 12.2. The third-order valence-electron chi connectivity index (χ3n) is 7.06. The lowest BCUT2D eigenvalue weighted by Crippen LogP contribution is -2.56. The Morgan fingerprint density at radius 3 is 1.98 bits per heavy atom. The molecule has 0 spiro atoms. The summed E-state index contributed by atoms with van der Waals surface area (Å²) in [6, 6.07) is 32.3. The molecule has 0 heterocycles. The number of nitrogens with zero attached hydrogens (tertiary/aromatic N) is 2. The Hall–Kier alpha value is -4.15. The van der Waals surface area contributed by atoms with Crippen LogP contribution in [0.25, 0.3) is 0 Å². The van der Waals surface area contributed by atoms with Gasteiger partial charge in [0, 0.05) is 23.0 Å². The first kappa shape index (κ1) is 34.7. The summed E-state index contributed by atoms with van der Waals surface area (Å²) in [6.45, 7) is 5.59. The molecule has 46 heavy (non-hydrogen) atoms. The zero-order valence-corrected chi connectivity index (χ0v) is 28.9. The Morgan fingerprint density at radius 2 is 1.41 bits per heavy atom. The fraction of sp³-hybridized carbons (Fsp3) is 0.278. The van der Waals surface area contributed by atoms with Crippen molar-refractivity contribution in [3.63, 3.8) is 0 Å². The Morgan fingerprint density at radius 1 is 0.826 bits per heavy atom. The largest absolute Gasteiger partial charge is 0.489 e. The van der Waals surface area contributed by atoms with Crippen LogP contribution < -0.4 is 14.4 Å². The Kier molecular flexibility index (Phi) is 11.6. The van der Waals surface area contributed by atoms with E-state index in [0.717, 1.165) is 31.7 Å². The van der Waals surface area contributed by atoms with Gasteiger partial charge in [-0.25, -0.2) is 8.42 Å². The van der Waals surface area contributed by atoms with Crippen molar-refractivity contribution < 1.29 is 22.7 Å². The molecule has 1 N–H and O–H groups in total. The first-order valence-corrected chi connectivity index (χ1v) is 17.6. The van der Waals surface area contributed by atoms with Gasteiger partial charge in [-0.2, -0.15) is 0 Å². The quantitative estimate of drug-likeness (QED) is 0.175. The number of rotatable bonds is 13. The molecule has 0 aromatic heterocycles. The van der Waals surface area contributed by atoms with E-state index in [1.807, 2.05) is 106 Å². The molecule has 1 unspecified atom stereocenters. The highest BCUT2D eigenvalue weighted by molar-refractivity contribution is 9.10. The van der Waals surface area contributed by atoms with Gasteiger partial charge in [0.25, 0.3) is 0 Å². The number of carbonyl (C=O) groups is 2. The lowest BCUT2D eigenvalue weighted by molar-refractivity contribution is -0.140. The lowest BCUT2D eigenvalue weighted by Gasteiger charge is -2.35. The van der Waals surface area contributed by atoms with Crippen molar-refractivity contribution in [2.24, 2.45) is 0 Å². The van der Waals surface area contributed by atoms with Gasteiger partial charge in [-0.15, -0.1) is 0 Å². The fourth-order valence-corrected chi connectivity index (χ4v) is 6.20. The minimum atomic E-state index is -3.89. The molecule has 4 aromatic rings. The summed E-state index contributed by atoms with van der Waals surface area (Å²) in [5.41, 5.74) is 2.41. The molecule has 8 nitrogen and oxygen atoms in total. The average molecular weight is 707 g/mol. The molecule has 4 aromatic carbocycles. The highest BCUT2D eigenvalue weighted by Gasteiger charge is 2.34. The van der Waals surface area contributed by atoms with Gasteiger partial charge in [-0.1, -0.05) is 88.7 Å². The monoisotopic (exact) mass is 705 g/mol. The molecule has 0 radical (unpaired) electrons. The highest BCUT2D eigenvalue weighted by Crippen LogP contribution is 2.24. The number of sulfonamides is 1. The summed E-state index contributed by atoms with van der Waals surface area (Å²) in [4.78, 5) is 29.6. The van der Waals surface area contributed by atoms with Gasteiger partial charge in [0.05, 0.1) is 11.9 Å². The number of hydrogen-bond acceptors (Lipinski definition) is 5. The molecule has 0 aliphatic heterocycles. The first-order chi connectivity index (χ1) is 21.8. The molecule has 2 amide bonds. The number of carbonyl (C=O) groups excluding carboxylic acids is 2. The van der Waals surface area contributed by atoms with Crippen LogP contribution in [0.5, 0.6) is 5.75 Å². The second kappa shape index (κ2) is 15.4. The predicted octanol–water partition coefficient (Wildman–Crippen LogP) is 6.35. The number of halogens is 1. The van der Waals surface area contributed by atoms with Crippen molar-refractivity contribution in [2.45, 2.75) is 51.9 Å². The molecular weight excluding hydrogens is 666 g/mol. The van der Waals surface area contributed by atoms with Crippen LogP contribution in [0, 0.1) is 0 Å². The molecule has 0 fully saturated rings. The summed E-state index contributed by atoms with van der Waals surface area (Å²) in [7, 11) is -3.89. The molecule has 0 aliphatic rings. The van der Waals surface area contributed by atoms with Crippen LogP contribution in [0.1, 0.15) is 37.5 Å². The fourth-order valence-electron chi connectivity index (χ4n) is 4.90. The summed E-state index contributed by atoms with van der Waals surface area (Å²) in [5, 5.41) is 3.03. The smallest absolute Gasteiger partial charge is 0.244 e. The summed E-state index contributed by atoms with van der Waals surface area (Å²) in [6.07, 6.45) is 1.31. The maximum atomic E-state index is 14.3. The summed E-state index contributed by atoms with van der Waals surface area (Å²) < 4.78 is 34.0. The van der Waals surface area contributed by atoms with E-state index in [4.69, 9.17) is 4.74 Å². The van der Waals surface area contributed by atoms with Crippen molar-refractivity contribution in [3.05, 3.63) is 130 Å². The van der Waals surface area contributed by atoms with Crippen LogP contribution in [0.3, 0.4) is 0 Å². The van der Waals surface area contributed by atoms with Gasteiger partial charge in [0.1, 0.15) is 24.9 Å². The highest BCUT2D eigenvalue weighted by atomic mass is 79.9. The van der Waals surface area contributed by atoms with Crippen molar-refractivity contribution in [1.29, 1.82) is 0 Å². The molecule has 0 aliphatic carbocycles. The van der Waals surface area contributed by atoms with E-state index in [9.17, 15) is 18.0 Å². The molecule has 0 bridgehead atoms. The van der Waals surface area contributed by atoms with Crippen molar-refractivity contribution in [1.82, 2.24) is 10.2 Å². The minimum Gasteiger partial charge on any atom is -0.489 e. The zero-order chi connectivity index (χ0) is 33.3. The van der Waals surface area contributed by atoms with Crippen LogP contribution in [0.15, 0.2) is 114 Å². The second-order valence-electron chi connectivity index (χ2n) is 12.1. The van der Waals surface area contributed by atoms with Gasteiger partial charge in [-0.05, 0) is 73.9 Å². The number of amides is 2. The molecule has 10 heteroatoms. The standard InChI is InChI=1S/C36H40BrN3O5S/c1-36(2,3)38-35(42)33(23-27-12-7-5-8-13-27)39(24-29-16-11-17-30(37)22-29)34(41)25-40(46(4,43)44)31-18-20-32(21-19-31)45-26-28-14-9-6-10-15-28/h5-22,33H,23-26H2,1-4H3,(H,38,42). The van der Waals surface area contributed by atoms with E-state index >= 15 is 0 Å². The second-order valence-corrected chi connectivity index (χ2v) is 15.0. The number of nitrogens with one attached hydrogen (secondary N) is 1. The first-order valence-electron chi connectivity index (χ1n) is 14.9. The molecule has 242 valence electrons. The van der Waals surface area contributed by atoms with Gasteiger partial charge in [0.15, 0.2) is 0 Å². The van der Waals surface area contributed by atoms with Gasteiger partial charge >= 0.3 is 0 Å². The maximum Gasteiger partial charge on any atom is 0.244 e. The van der Waals surface area contributed by atoms with Crippen LogP contribution in [0.2, 0.25) is 0 Å². The van der Waals surface area contributed by atoms with E-state index in [1.54, 1.807) is 24.3 Å². The average Bonchev–Trinajstić information content (AvgIpc) is 3.00. The zero-order valence-electron chi connectivity index (χ0n) is 26.5. The predicted molar refractivity (Wildman–Crippen MR) is 186 cm³/mol. The minimum absolute atomic E-state index is 0.0944. The number of ether oxygens (including phenoxy) is 1. The van der Waals surface area contributed by atoms with Crippen molar-refractivity contribution in [2.75, 3.05) is 17.1 Å². The van der Waals surface area contributed by atoms with E-state index in [2.05, 4.69) is 21.2 Å². The Bertz CT molecular complexity index is 1710. The maximum absolute atomic E-state index is 14.3. The van der Waals surface area contributed by atoms with E-state index < -0.39 is 34.1 Å². The topological polar surface area (TPSA) is 96.0 Å². The van der Waals surface area contributed by atoms with Gasteiger partial charge in [0.2, 0.25) is 21.8 Å². The van der Waals surface area contributed by atoms with Crippen molar-refractivity contribution in [3.8, 4) is 5.75 Å². The Balaban J connectivity index is 1.66. The lowest BCUT2D eigenvalue weighted by atomic mass is 10.0. The van der Waals surface area contributed by atoms with E-state index in [1.165, 1.54) is 4.90 Å². The van der Waals surface area contributed by atoms with Crippen molar-refractivity contribution >= 4 is 43.5 Å². The van der Waals surface area contributed by atoms with Gasteiger partial charge < -0.3 is 15.0 Å².